The van der Waals surface area contributed by atoms with Crippen LogP contribution in [0.3, 0.4) is 0 Å². The van der Waals surface area contributed by atoms with E-state index in [9.17, 15) is 9.59 Å². The van der Waals surface area contributed by atoms with Gasteiger partial charge in [-0.1, -0.05) is 11.3 Å². The van der Waals surface area contributed by atoms with Crippen LogP contribution >= 0.6 is 11.3 Å². The fourth-order valence-corrected chi connectivity index (χ4v) is 3.79. The minimum absolute atomic E-state index is 0.330. The fraction of sp³-hybridized carbons (Fsp3) is 0.389. The van der Waals surface area contributed by atoms with Gasteiger partial charge in [0.2, 0.25) is 0 Å². The van der Waals surface area contributed by atoms with E-state index in [0.717, 1.165) is 10.6 Å². The molecule has 1 aromatic heterocycles. The first-order valence-electron chi connectivity index (χ1n) is 8.49. The molecule has 1 aliphatic rings. The fourth-order valence-electron chi connectivity index (χ4n) is 2.78. The van der Waals surface area contributed by atoms with Gasteiger partial charge in [-0.05, 0) is 25.1 Å². The highest BCUT2D eigenvalue weighted by atomic mass is 32.1. The maximum Gasteiger partial charge on any atom is 0.410 e. The summed E-state index contributed by atoms with van der Waals surface area (Å²) in [7, 11) is 3.04. The first kappa shape index (κ1) is 19.0. The molecular formula is C18H21N3O5S. The van der Waals surface area contributed by atoms with Crippen molar-refractivity contribution in [1.82, 2.24) is 9.88 Å². The summed E-state index contributed by atoms with van der Waals surface area (Å²) in [6, 6.07) is 5.02. The zero-order chi connectivity index (χ0) is 19.4. The Kier molecular flexibility index (Phi) is 5.80. The quantitative estimate of drug-likeness (QED) is 0.843. The van der Waals surface area contributed by atoms with Gasteiger partial charge in [0, 0.05) is 17.8 Å². The van der Waals surface area contributed by atoms with Crippen molar-refractivity contribution in [2.24, 2.45) is 0 Å². The number of nitrogens with zero attached hydrogens (tertiary/aromatic N) is 2. The second-order valence-corrected chi connectivity index (χ2v) is 6.86. The van der Waals surface area contributed by atoms with E-state index in [1.54, 1.807) is 30.0 Å². The van der Waals surface area contributed by atoms with Crippen molar-refractivity contribution < 1.29 is 23.8 Å². The molecule has 0 radical (unpaired) electrons. The van der Waals surface area contributed by atoms with Gasteiger partial charge >= 0.3 is 6.09 Å². The van der Waals surface area contributed by atoms with Crippen molar-refractivity contribution in [3.05, 3.63) is 34.3 Å². The highest BCUT2D eigenvalue weighted by Crippen LogP contribution is 2.30. The zero-order valence-corrected chi connectivity index (χ0v) is 16.2. The Bertz CT molecular complexity index is 852. The van der Waals surface area contributed by atoms with Gasteiger partial charge in [-0.3, -0.25) is 10.1 Å². The number of fused-ring (bicyclic) bond motifs is 1. The number of benzene rings is 1. The summed E-state index contributed by atoms with van der Waals surface area (Å²) >= 11 is 1.36. The largest absolute Gasteiger partial charge is 0.497 e. The Morgan fingerprint density at radius 3 is 2.81 bits per heavy atom. The molecule has 3 rings (SSSR count). The van der Waals surface area contributed by atoms with E-state index in [2.05, 4.69) is 10.3 Å². The van der Waals surface area contributed by atoms with Crippen LogP contribution in [-0.4, -0.2) is 49.3 Å². The van der Waals surface area contributed by atoms with E-state index in [4.69, 9.17) is 14.2 Å². The molecule has 2 aromatic rings. The lowest BCUT2D eigenvalue weighted by atomic mass is 10.1. The van der Waals surface area contributed by atoms with Gasteiger partial charge in [0.25, 0.3) is 5.91 Å². The van der Waals surface area contributed by atoms with Crippen molar-refractivity contribution in [2.45, 2.75) is 19.9 Å². The zero-order valence-electron chi connectivity index (χ0n) is 15.4. The molecule has 1 aromatic carbocycles. The number of amides is 2. The van der Waals surface area contributed by atoms with Gasteiger partial charge in [-0.2, -0.15) is 0 Å². The summed E-state index contributed by atoms with van der Waals surface area (Å²) < 4.78 is 15.5. The van der Waals surface area contributed by atoms with Crippen molar-refractivity contribution in [3.63, 3.8) is 0 Å². The van der Waals surface area contributed by atoms with Crippen LogP contribution in [0.4, 0.5) is 9.93 Å². The molecule has 27 heavy (non-hydrogen) atoms. The summed E-state index contributed by atoms with van der Waals surface area (Å²) in [4.78, 5) is 31.6. The van der Waals surface area contributed by atoms with Gasteiger partial charge < -0.3 is 19.1 Å². The van der Waals surface area contributed by atoms with Crippen LogP contribution in [0.1, 0.15) is 27.9 Å². The van der Waals surface area contributed by atoms with Crippen molar-refractivity contribution >= 4 is 28.5 Å². The SMILES string of the molecule is CCOC(=O)N1CCc2nc(NC(=O)c3cc(OC)ccc3OC)sc2C1. The highest BCUT2D eigenvalue weighted by molar-refractivity contribution is 7.15. The minimum Gasteiger partial charge on any atom is -0.497 e. The number of methoxy groups -OCH3 is 2. The molecular weight excluding hydrogens is 370 g/mol. The number of ether oxygens (including phenoxy) is 3. The first-order chi connectivity index (χ1) is 13.0. The van der Waals surface area contributed by atoms with Gasteiger partial charge in [0.1, 0.15) is 11.5 Å². The molecule has 0 fully saturated rings. The van der Waals surface area contributed by atoms with E-state index >= 15 is 0 Å². The molecule has 2 heterocycles. The molecule has 9 heteroatoms. The average molecular weight is 391 g/mol. The van der Waals surface area contributed by atoms with Crippen molar-refractivity contribution in [3.8, 4) is 11.5 Å². The molecule has 0 spiro atoms. The van der Waals surface area contributed by atoms with Crippen LogP contribution in [0.2, 0.25) is 0 Å². The summed E-state index contributed by atoms with van der Waals surface area (Å²) in [6.45, 7) is 3.10. The van der Waals surface area contributed by atoms with E-state index in [-0.39, 0.29) is 12.0 Å². The lowest BCUT2D eigenvalue weighted by molar-refractivity contribution is 0.102. The molecule has 0 aliphatic carbocycles. The predicted octanol–water partition coefficient (Wildman–Crippen LogP) is 2.93. The van der Waals surface area contributed by atoms with Crippen LogP contribution in [0, 0.1) is 0 Å². The second kappa shape index (κ2) is 8.26. The minimum atomic E-state index is -0.334. The first-order valence-corrected chi connectivity index (χ1v) is 9.31. The number of hydrogen-bond donors (Lipinski definition) is 1. The number of anilines is 1. The van der Waals surface area contributed by atoms with Crippen molar-refractivity contribution in [2.75, 3.05) is 32.7 Å². The summed E-state index contributed by atoms with van der Waals surface area (Å²) in [6.07, 6.45) is 0.298. The number of thiazole rings is 1. The lowest BCUT2D eigenvalue weighted by Crippen LogP contribution is -2.35. The lowest BCUT2D eigenvalue weighted by Gasteiger charge is -2.24. The summed E-state index contributed by atoms with van der Waals surface area (Å²) in [5.74, 6) is 0.673. The Balaban J connectivity index is 1.75. The molecule has 144 valence electrons. The van der Waals surface area contributed by atoms with E-state index in [1.165, 1.54) is 25.6 Å². The van der Waals surface area contributed by atoms with Crippen LogP contribution in [0.5, 0.6) is 11.5 Å². The summed E-state index contributed by atoms with van der Waals surface area (Å²) in [5.41, 5.74) is 1.26. The van der Waals surface area contributed by atoms with Gasteiger partial charge in [-0.15, -0.1) is 0 Å². The van der Waals surface area contributed by atoms with Gasteiger partial charge in [-0.25, -0.2) is 9.78 Å². The Morgan fingerprint density at radius 2 is 2.11 bits per heavy atom. The molecule has 0 unspecified atom stereocenters. The maximum absolute atomic E-state index is 12.7. The molecule has 0 bridgehead atoms. The van der Waals surface area contributed by atoms with Crippen molar-refractivity contribution in [1.29, 1.82) is 0 Å². The highest BCUT2D eigenvalue weighted by Gasteiger charge is 2.25. The number of carbonyl (C=O) groups excluding carboxylic acids is 2. The molecule has 1 N–H and O–H groups in total. The predicted molar refractivity (Wildman–Crippen MR) is 101 cm³/mol. The van der Waals surface area contributed by atoms with Gasteiger partial charge in [0.05, 0.1) is 38.6 Å². The topological polar surface area (TPSA) is 90.0 Å². The standard InChI is InChI=1S/C18H21N3O5S/c1-4-26-18(23)21-8-7-13-15(10-21)27-17(19-13)20-16(22)12-9-11(24-2)5-6-14(12)25-3/h5-6,9H,4,7-8,10H2,1-3H3,(H,19,20,22). The molecule has 1 aliphatic heterocycles. The normalized spacial score (nSPS) is 12.9. The second-order valence-electron chi connectivity index (χ2n) is 5.78. The number of aromatic nitrogens is 1. The number of nitrogens with one attached hydrogen (secondary N) is 1. The number of hydrogen-bond acceptors (Lipinski definition) is 7. The summed E-state index contributed by atoms with van der Waals surface area (Å²) in [5, 5.41) is 3.30. The third kappa shape index (κ3) is 4.13. The number of carbonyl (C=O) groups is 2. The Hall–Kier alpha value is -2.81. The molecule has 2 amide bonds. The Labute approximate surface area is 161 Å². The van der Waals surface area contributed by atoms with E-state index in [0.29, 0.717) is 48.3 Å². The molecule has 8 nitrogen and oxygen atoms in total. The Morgan fingerprint density at radius 1 is 1.30 bits per heavy atom. The maximum atomic E-state index is 12.7. The van der Waals surface area contributed by atoms with Crippen LogP contribution in [0.25, 0.3) is 0 Å². The van der Waals surface area contributed by atoms with Crippen LogP contribution in [-0.2, 0) is 17.7 Å². The monoisotopic (exact) mass is 391 g/mol. The van der Waals surface area contributed by atoms with Gasteiger partial charge in [0.15, 0.2) is 5.13 Å². The molecule has 0 atom stereocenters. The average Bonchev–Trinajstić information content (AvgIpc) is 3.08. The van der Waals surface area contributed by atoms with Crippen LogP contribution in [0.15, 0.2) is 18.2 Å². The third-order valence-corrected chi connectivity index (χ3v) is 5.13. The third-order valence-electron chi connectivity index (χ3n) is 4.13. The molecule has 0 saturated heterocycles. The molecule has 0 saturated carbocycles. The van der Waals surface area contributed by atoms with Crippen LogP contribution < -0.4 is 14.8 Å². The number of rotatable bonds is 5. The van der Waals surface area contributed by atoms with E-state index in [1.807, 2.05) is 0 Å². The van der Waals surface area contributed by atoms with E-state index < -0.39 is 0 Å². The smallest absolute Gasteiger partial charge is 0.410 e.